The number of rotatable bonds is 4. The smallest absolute Gasteiger partial charge is 0.271 e. The van der Waals surface area contributed by atoms with Crippen LogP contribution in [0.5, 0.6) is 5.75 Å². The van der Waals surface area contributed by atoms with E-state index in [0.29, 0.717) is 5.65 Å². The third-order valence-corrected chi connectivity index (χ3v) is 4.43. The number of non-ortho nitro benzene ring substituents is 1. The van der Waals surface area contributed by atoms with Gasteiger partial charge < -0.3 is 10.4 Å². The number of carbonyl (C=O) groups excluding carboxylic acids is 1. The highest BCUT2D eigenvalue weighted by atomic mass is 16.6. The topological polar surface area (TPSA) is 123 Å². The number of aromatic hydroxyl groups is 1. The molecule has 2 heterocycles. The molecule has 1 amide bonds. The molecule has 0 aliphatic carbocycles. The molecular formula is C20H15N5O4. The van der Waals surface area contributed by atoms with Gasteiger partial charge in [-0.15, -0.1) is 0 Å². The average molecular weight is 389 g/mol. The minimum atomic E-state index is -0.611. The van der Waals surface area contributed by atoms with Crippen LogP contribution in [0.3, 0.4) is 0 Å². The van der Waals surface area contributed by atoms with E-state index in [1.54, 1.807) is 16.8 Å². The molecule has 2 aromatic carbocycles. The van der Waals surface area contributed by atoms with E-state index in [4.69, 9.17) is 0 Å². The molecule has 0 spiro atoms. The minimum Gasteiger partial charge on any atom is -0.506 e. The summed E-state index contributed by atoms with van der Waals surface area (Å²) >= 11 is 0. The van der Waals surface area contributed by atoms with Gasteiger partial charge in [0, 0.05) is 23.9 Å². The first-order valence-corrected chi connectivity index (χ1v) is 8.62. The molecule has 0 bridgehead atoms. The normalized spacial score (nSPS) is 10.8. The fourth-order valence-electron chi connectivity index (χ4n) is 2.92. The van der Waals surface area contributed by atoms with Crippen molar-refractivity contribution in [2.75, 3.05) is 5.32 Å². The van der Waals surface area contributed by atoms with Crippen LogP contribution >= 0.6 is 0 Å². The molecule has 9 heteroatoms. The first kappa shape index (κ1) is 18.1. The number of phenolic OH excluding ortho intramolecular Hbond substituents is 1. The Morgan fingerprint density at radius 1 is 1.17 bits per heavy atom. The number of nitrogens with one attached hydrogen (secondary N) is 1. The summed E-state index contributed by atoms with van der Waals surface area (Å²) in [4.78, 5) is 27.3. The number of phenols is 1. The Balaban J connectivity index is 1.71. The Kier molecular flexibility index (Phi) is 4.40. The summed E-state index contributed by atoms with van der Waals surface area (Å²) in [6.45, 7) is 1.99. The third-order valence-electron chi connectivity index (χ3n) is 4.43. The Morgan fingerprint density at radius 2 is 1.93 bits per heavy atom. The van der Waals surface area contributed by atoms with Crippen molar-refractivity contribution in [3.8, 4) is 17.0 Å². The number of nitrogens with zero attached hydrogens (tertiary/aromatic N) is 4. The molecule has 0 radical (unpaired) electrons. The van der Waals surface area contributed by atoms with Crippen LogP contribution < -0.4 is 5.32 Å². The number of anilines is 1. The van der Waals surface area contributed by atoms with Gasteiger partial charge in [-0.1, -0.05) is 29.8 Å². The van der Waals surface area contributed by atoms with Gasteiger partial charge in [0.2, 0.25) is 0 Å². The average Bonchev–Trinajstić information content (AvgIpc) is 3.14. The van der Waals surface area contributed by atoms with Crippen LogP contribution in [-0.2, 0) is 0 Å². The van der Waals surface area contributed by atoms with E-state index < -0.39 is 10.8 Å². The largest absolute Gasteiger partial charge is 0.506 e. The quantitative estimate of drug-likeness (QED) is 0.312. The number of fused-ring (bicyclic) bond motifs is 1. The van der Waals surface area contributed by atoms with Crippen LogP contribution in [0.15, 0.2) is 60.9 Å². The van der Waals surface area contributed by atoms with Gasteiger partial charge in [-0.25, -0.2) is 9.50 Å². The summed E-state index contributed by atoms with van der Waals surface area (Å²) < 4.78 is 1.55. The van der Waals surface area contributed by atoms with Crippen molar-refractivity contribution in [3.63, 3.8) is 0 Å². The maximum atomic E-state index is 12.7. The van der Waals surface area contributed by atoms with E-state index in [1.165, 1.54) is 6.20 Å². The molecule has 4 rings (SSSR count). The lowest BCUT2D eigenvalue weighted by Crippen LogP contribution is -2.12. The lowest BCUT2D eigenvalue weighted by molar-refractivity contribution is -0.384. The number of aryl methyl sites for hydroxylation is 1. The third kappa shape index (κ3) is 3.36. The zero-order valence-electron chi connectivity index (χ0n) is 15.2. The lowest BCUT2D eigenvalue weighted by atomic mass is 10.1. The number of carbonyl (C=O) groups is 1. The van der Waals surface area contributed by atoms with Gasteiger partial charge in [-0.05, 0) is 19.1 Å². The van der Waals surface area contributed by atoms with Crippen LogP contribution in [-0.4, -0.2) is 30.5 Å². The predicted molar refractivity (Wildman–Crippen MR) is 106 cm³/mol. The SMILES string of the molecule is Cc1ccc(-c2ccnc3c(C(=O)Nc4cc([N+](=O)[O-])ccc4O)cnn23)cc1. The molecule has 4 aromatic rings. The first-order valence-electron chi connectivity index (χ1n) is 8.62. The summed E-state index contributed by atoms with van der Waals surface area (Å²) in [7, 11) is 0. The van der Waals surface area contributed by atoms with Crippen molar-refractivity contribution in [3.05, 3.63) is 82.2 Å². The number of benzene rings is 2. The van der Waals surface area contributed by atoms with Crippen LogP contribution in [0, 0.1) is 17.0 Å². The summed E-state index contributed by atoms with van der Waals surface area (Å²) in [5.74, 6) is -0.877. The number of aromatic nitrogens is 3. The molecule has 0 fully saturated rings. The summed E-state index contributed by atoms with van der Waals surface area (Å²) in [6, 6.07) is 13.0. The first-order chi connectivity index (χ1) is 13.9. The van der Waals surface area contributed by atoms with Crippen LogP contribution in [0.1, 0.15) is 15.9 Å². The van der Waals surface area contributed by atoms with Crippen molar-refractivity contribution < 1.29 is 14.8 Å². The molecule has 29 heavy (non-hydrogen) atoms. The monoisotopic (exact) mass is 389 g/mol. The van der Waals surface area contributed by atoms with Crippen LogP contribution in [0.2, 0.25) is 0 Å². The van der Waals surface area contributed by atoms with Gasteiger partial charge in [0.1, 0.15) is 11.3 Å². The molecule has 0 unspecified atom stereocenters. The van der Waals surface area contributed by atoms with Gasteiger partial charge in [0.05, 0.1) is 22.5 Å². The van der Waals surface area contributed by atoms with Gasteiger partial charge in [-0.2, -0.15) is 5.10 Å². The van der Waals surface area contributed by atoms with Crippen molar-refractivity contribution in [2.45, 2.75) is 6.92 Å². The summed E-state index contributed by atoms with van der Waals surface area (Å²) in [5.41, 5.74) is 2.96. The number of hydrogen-bond acceptors (Lipinski definition) is 6. The molecule has 0 saturated heterocycles. The second-order valence-corrected chi connectivity index (χ2v) is 6.40. The van der Waals surface area contributed by atoms with E-state index in [9.17, 15) is 20.0 Å². The Morgan fingerprint density at radius 3 is 2.66 bits per heavy atom. The molecular weight excluding hydrogens is 374 g/mol. The Hall–Kier alpha value is -4.27. The van der Waals surface area contributed by atoms with Crippen LogP contribution in [0.4, 0.5) is 11.4 Å². The van der Waals surface area contributed by atoms with Crippen molar-refractivity contribution in [1.82, 2.24) is 14.6 Å². The molecule has 0 saturated carbocycles. The fourth-order valence-corrected chi connectivity index (χ4v) is 2.92. The maximum Gasteiger partial charge on any atom is 0.271 e. The van der Waals surface area contributed by atoms with Crippen LogP contribution in [0.25, 0.3) is 16.9 Å². The zero-order chi connectivity index (χ0) is 20.5. The second-order valence-electron chi connectivity index (χ2n) is 6.40. The molecule has 2 aromatic heterocycles. The number of nitro groups is 1. The second kappa shape index (κ2) is 7.04. The highest BCUT2D eigenvalue weighted by Crippen LogP contribution is 2.29. The van der Waals surface area contributed by atoms with E-state index in [-0.39, 0.29) is 22.7 Å². The molecule has 144 valence electrons. The van der Waals surface area contributed by atoms with Crippen molar-refractivity contribution in [2.24, 2.45) is 0 Å². The Bertz CT molecular complexity index is 1250. The molecule has 0 aliphatic rings. The van der Waals surface area contributed by atoms with E-state index in [1.807, 2.05) is 31.2 Å². The molecule has 0 aliphatic heterocycles. The fraction of sp³-hybridized carbons (Fsp3) is 0.0500. The highest BCUT2D eigenvalue weighted by Gasteiger charge is 2.19. The summed E-state index contributed by atoms with van der Waals surface area (Å²) in [6.07, 6.45) is 2.94. The number of nitro benzene ring substituents is 1. The van der Waals surface area contributed by atoms with Crippen molar-refractivity contribution >= 4 is 22.9 Å². The van der Waals surface area contributed by atoms with Gasteiger partial charge in [0.15, 0.2) is 5.65 Å². The van der Waals surface area contributed by atoms with Crippen molar-refractivity contribution in [1.29, 1.82) is 0 Å². The maximum absolute atomic E-state index is 12.7. The molecule has 0 atom stereocenters. The summed E-state index contributed by atoms with van der Waals surface area (Å²) in [5, 5.41) is 27.6. The number of amides is 1. The molecule has 2 N–H and O–H groups in total. The number of hydrogen-bond donors (Lipinski definition) is 2. The lowest BCUT2D eigenvalue weighted by Gasteiger charge is -2.07. The standard InChI is InChI=1S/C20H15N5O4/c1-12-2-4-13(5-3-12)17-8-9-21-19-15(11-22-24(17)19)20(27)23-16-10-14(25(28)29)6-7-18(16)26/h2-11,26H,1H3,(H,23,27). The minimum absolute atomic E-state index is 0.0711. The van der Waals surface area contributed by atoms with Gasteiger partial charge in [-0.3, -0.25) is 14.9 Å². The predicted octanol–water partition coefficient (Wildman–Crippen LogP) is 3.57. The van der Waals surface area contributed by atoms with Gasteiger partial charge >= 0.3 is 0 Å². The highest BCUT2D eigenvalue weighted by molar-refractivity contribution is 6.09. The molecule has 9 nitrogen and oxygen atoms in total. The van der Waals surface area contributed by atoms with E-state index in [0.717, 1.165) is 35.0 Å². The van der Waals surface area contributed by atoms with Gasteiger partial charge in [0.25, 0.3) is 11.6 Å². The zero-order valence-corrected chi connectivity index (χ0v) is 15.2. The van der Waals surface area contributed by atoms with E-state index in [2.05, 4.69) is 15.4 Å². The Labute approximate surface area is 164 Å². The van der Waals surface area contributed by atoms with E-state index >= 15 is 0 Å².